The molecular formula is C14H18N2. The van der Waals surface area contributed by atoms with Gasteiger partial charge in [0.15, 0.2) is 0 Å². The van der Waals surface area contributed by atoms with Gasteiger partial charge in [0.1, 0.15) is 0 Å². The fraction of sp³-hybridized carbons (Fsp3) is 0.500. The van der Waals surface area contributed by atoms with Gasteiger partial charge >= 0.3 is 0 Å². The van der Waals surface area contributed by atoms with Crippen LogP contribution in [0.4, 0.5) is 0 Å². The van der Waals surface area contributed by atoms with Crippen molar-refractivity contribution in [3.63, 3.8) is 0 Å². The Morgan fingerprint density at radius 1 is 1.38 bits per heavy atom. The van der Waals surface area contributed by atoms with Crippen molar-refractivity contribution >= 4 is 0 Å². The van der Waals surface area contributed by atoms with Crippen LogP contribution in [0.15, 0.2) is 24.3 Å². The van der Waals surface area contributed by atoms with E-state index in [0.717, 1.165) is 25.9 Å². The number of fused-ring (bicyclic) bond motifs is 1. The molecule has 1 aliphatic rings. The highest BCUT2D eigenvalue weighted by molar-refractivity contribution is 5.29. The first-order valence-electron chi connectivity index (χ1n) is 6.03. The Morgan fingerprint density at radius 3 is 2.81 bits per heavy atom. The standard InChI is InChI=1S/C14H18N2/c1-2-14(7-9-15)16-10-8-12-5-3-4-6-13(12)11-16/h3-6,14H,2,7-8,10-11H2,1H3. The lowest BCUT2D eigenvalue weighted by Gasteiger charge is -2.34. The summed E-state index contributed by atoms with van der Waals surface area (Å²) >= 11 is 0. The molecule has 84 valence electrons. The summed E-state index contributed by atoms with van der Waals surface area (Å²) < 4.78 is 0. The number of nitriles is 1. The van der Waals surface area contributed by atoms with Gasteiger partial charge in [-0.1, -0.05) is 31.2 Å². The predicted molar refractivity (Wildman–Crippen MR) is 64.9 cm³/mol. The normalized spacial score (nSPS) is 17.5. The minimum Gasteiger partial charge on any atom is -0.295 e. The van der Waals surface area contributed by atoms with E-state index >= 15 is 0 Å². The van der Waals surface area contributed by atoms with E-state index in [1.807, 2.05) is 0 Å². The Morgan fingerprint density at radius 2 is 2.12 bits per heavy atom. The molecule has 2 nitrogen and oxygen atoms in total. The quantitative estimate of drug-likeness (QED) is 0.773. The molecule has 0 aromatic heterocycles. The Bertz CT molecular complexity index is 392. The molecule has 0 fully saturated rings. The molecule has 1 aromatic rings. The zero-order valence-electron chi connectivity index (χ0n) is 9.82. The lowest BCUT2D eigenvalue weighted by Crippen LogP contribution is -2.38. The van der Waals surface area contributed by atoms with Crippen LogP contribution in [0.25, 0.3) is 0 Å². The summed E-state index contributed by atoms with van der Waals surface area (Å²) in [7, 11) is 0. The molecule has 0 aliphatic carbocycles. The topological polar surface area (TPSA) is 27.0 Å². The van der Waals surface area contributed by atoms with Crippen LogP contribution < -0.4 is 0 Å². The Labute approximate surface area is 97.5 Å². The summed E-state index contributed by atoms with van der Waals surface area (Å²) in [5, 5.41) is 8.82. The van der Waals surface area contributed by atoms with Crippen LogP contribution in [0.3, 0.4) is 0 Å². The van der Waals surface area contributed by atoms with Gasteiger partial charge in [-0.25, -0.2) is 0 Å². The zero-order chi connectivity index (χ0) is 11.4. The molecule has 0 radical (unpaired) electrons. The van der Waals surface area contributed by atoms with Crippen LogP contribution in [0.1, 0.15) is 30.9 Å². The molecule has 1 unspecified atom stereocenters. The Kier molecular flexibility index (Phi) is 3.58. The molecule has 0 spiro atoms. The maximum absolute atomic E-state index is 8.82. The van der Waals surface area contributed by atoms with Crippen molar-refractivity contribution in [2.75, 3.05) is 6.54 Å². The first-order valence-corrected chi connectivity index (χ1v) is 6.03. The number of hydrogen-bond donors (Lipinski definition) is 0. The van der Waals surface area contributed by atoms with E-state index in [4.69, 9.17) is 5.26 Å². The number of nitrogens with zero attached hydrogens (tertiary/aromatic N) is 2. The average Bonchev–Trinajstić information content (AvgIpc) is 2.35. The van der Waals surface area contributed by atoms with E-state index in [-0.39, 0.29) is 0 Å². The van der Waals surface area contributed by atoms with Crippen molar-refractivity contribution in [1.82, 2.24) is 4.90 Å². The van der Waals surface area contributed by atoms with Gasteiger partial charge in [0, 0.05) is 19.1 Å². The van der Waals surface area contributed by atoms with Crippen LogP contribution in [-0.2, 0) is 13.0 Å². The van der Waals surface area contributed by atoms with Crippen molar-refractivity contribution in [2.45, 2.75) is 38.8 Å². The first kappa shape index (κ1) is 11.2. The van der Waals surface area contributed by atoms with Gasteiger partial charge in [-0.15, -0.1) is 0 Å². The summed E-state index contributed by atoms with van der Waals surface area (Å²) in [6.07, 6.45) is 2.84. The smallest absolute Gasteiger partial charge is 0.0638 e. The molecule has 1 aromatic carbocycles. The van der Waals surface area contributed by atoms with Gasteiger partial charge in [0.2, 0.25) is 0 Å². The van der Waals surface area contributed by atoms with E-state index in [1.54, 1.807) is 0 Å². The number of benzene rings is 1. The summed E-state index contributed by atoms with van der Waals surface area (Å²) in [4.78, 5) is 2.45. The maximum atomic E-state index is 8.82. The molecule has 2 heteroatoms. The average molecular weight is 214 g/mol. The summed E-state index contributed by atoms with van der Waals surface area (Å²) in [6, 6.07) is 11.4. The van der Waals surface area contributed by atoms with Crippen LogP contribution in [-0.4, -0.2) is 17.5 Å². The molecular weight excluding hydrogens is 196 g/mol. The highest BCUT2D eigenvalue weighted by Crippen LogP contribution is 2.22. The van der Waals surface area contributed by atoms with Gasteiger partial charge in [-0.3, -0.25) is 4.90 Å². The van der Waals surface area contributed by atoms with E-state index < -0.39 is 0 Å². The van der Waals surface area contributed by atoms with Gasteiger partial charge in [0.05, 0.1) is 12.5 Å². The number of rotatable bonds is 3. The van der Waals surface area contributed by atoms with Gasteiger partial charge in [-0.05, 0) is 24.0 Å². The summed E-state index contributed by atoms with van der Waals surface area (Å²) in [5.41, 5.74) is 2.91. The molecule has 1 heterocycles. The summed E-state index contributed by atoms with van der Waals surface area (Å²) in [6.45, 7) is 4.27. The fourth-order valence-corrected chi connectivity index (χ4v) is 2.47. The molecule has 1 aliphatic heterocycles. The highest BCUT2D eigenvalue weighted by atomic mass is 15.2. The largest absolute Gasteiger partial charge is 0.295 e. The Balaban J connectivity index is 2.10. The maximum Gasteiger partial charge on any atom is 0.0638 e. The SMILES string of the molecule is CCC(CC#N)N1CCc2ccccc2C1. The predicted octanol–water partition coefficient (Wildman–Crippen LogP) is 2.74. The first-order chi connectivity index (χ1) is 7.85. The third-order valence-electron chi connectivity index (χ3n) is 3.47. The summed E-state index contributed by atoms with van der Waals surface area (Å²) in [5.74, 6) is 0. The molecule has 0 N–H and O–H groups in total. The third kappa shape index (κ3) is 2.25. The Hall–Kier alpha value is -1.33. The van der Waals surface area contributed by atoms with Crippen LogP contribution in [0, 0.1) is 11.3 Å². The lowest BCUT2D eigenvalue weighted by molar-refractivity contribution is 0.175. The van der Waals surface area contributed by atoms with E-state index in [0.29, 0.717) is 12.5 Å². The molecule has 0 saturated carbocycles. The van der Waals surface area contributed by atoms with E-state index in [9.17, 15) is 0 Å². The van der Waals surface area contributed by atoms with Crippen molar-refractivity contribution in [1.29, 1.82) is 5.26 Å². The fourth-order valence-electron chi connectivity index (χ4n) is 2.47. The third-order valence-corrected chi connectivity index (χ3v) is 3.47. The van der Waals surface area contributed by atoms with Crippen LogP contribution >= 0.6 is 0 Å². The van der Waals surface area contributed by atoms with Crippen molar-refractivity contribution in [3.05, 3.63) is 35.4 Å². The monoisotopic (exact) mass is 214 g/mol. The van der Waals surface area contributed by atoms with Crippen molar-refractivity contribution < 1.29 is 0 Å². The lowest BCUT2D eigenvalue weighted by atomic mass is 9.97. The minimum absolute atomic E-state index is 0.429. The minimum atomic E-state index is 0.429. The number of hydrogen-bond acceptors (Lipinski definition) is 2. The molecule has 0 amide bonds. The van der Waals surface area contributed by atoms with Gasteiger partial charge in [0.25, 0.3) is 0 Å². The molecule has 16 heavy (non-hydrogen) atoms. The molecule has 1 atom stereocenters. The zero-order valence-corrected chi connectivity index (χ0v) is 9.82. The van der Waals surface area contributed by atoms with Crippen molar-refractivity contribution in [2.24, 2.45) is 0 Å². The van der Waals surface area contributed by atoms with Crippen molar-refractivity contribution in [3.8, 4) is 6.07 Å². The van der Waals surface area contributed by atoms with Gasteiger partial charge in [-0.2, -0.15) is 5.26 Å². The molecule has 2 rings (SSSR count). The van der Waals surface area contributed by atoms with Crippen LogP contribution in [0.5, 0.6) is 0 Å². The van der Waals surface area contributed by atoms with E-state index in [2.05, 4.69) is 42.2 Å². The molecule has 0 bridgehead atoms. The van der Waals surface area contributed by atoms with Crippen LogP contribution in [0.2, 0.25) is 0 Å². The van der Waals surface area contributed by atoms with E-state index in [1.165, 1.54) is 11.1 Å². The molecule has 0 saturated heterocycles. The highest BCUT2D eigenvalue weighted by Gasteiger charge is 2.21. The van der Waals surface area contributed by atoms with Gasteiger partial charge < -0.3 is 0 Å². The second-order valence-corrected chi connectivity index (χ2v) is 4.41. The second-order valence-electron chi connectivity index (χ2n) is 4.41. The second kappa shape index (κ2) is 5.14.